The molecule has 0 radical (unpaired) electrons. The second-order valence-corrected chi connectivity index (χ2v) is 12.0. The van der Waals surface area contributed by atoms with Gasteiger partial charge in [-0.2, -0.15) is 0 Å². The molecule has 1 aromatic rings. The first-order valence-corrected chi connectivity index (χ1v) is 13.7. The Morgan fingerprint density at radius 1 is 1.11 bits per heavy atom. The van der Waals surface area contributed by atoms with E-state index >= 15 is 0 Å². The summed E-state index contributed by atoms with van der Waals surface area (Å²) in [5.41, 5.74) is 7.36. The molecule has 4 amide bonds. The molecule has 2 aliphatic rings. The van der Waals surface area contributed by atoms with E-state index in [1.807, 2.05) is 39.0 Å². The molecule has 2 saturated carbocycles. The molecule has 0 aliphatic heterocycles. The summed E-state index contributed by atoms with van der Waals surface area (Å²) < 4.78 is 5.35. The lowest BCUT2D eigenvalue weighted by Gasteiger charge is -2.36. The summed E-state index contributed by atoms with van der Waals surface area (Å²) in [6.45, 7) is 11.1. The Hall–Kier alpha value is -3.10. The highest BCUT2D eigenvalue weighted by molar-refractivity contribution is 5.95. The summed E-state index contributed by atoms with van der Waals surface area (Å²) in [5.74, 6) is -1.33. The van der Waals surface area contributed by atoms with Crippen LogP contribution in [-0.4, -0.2) is 52.4 Å². The molecule has 0 aromatic heterocycles. The van der Waals surface area contributed by atoms with E-state index in [1.165, 1.54) is 0 Å². The highest BCUT2D eigenvalue weighted by Gasteiger charge is 2.49. The first-order chi connectivity index (χ1) is 17.8. The van der Waals surface area contributed by atoms with Gasteiger partial charge in [-0.25, -0.2) is 4.79 Å². The number of nitrogens with two attached hydrogens (primary N) is 1. The minimum atomic E-state index is -1.26. The van der Waals surface area contributed by atoms with Gasteiger partial charge in [-0.05, 0) is 70.9 Å². The van der Waals surface area contributed by atoms with Crippen molar-refractivity contribution in [2.24, 2.45) is 11.7 Å². The predicted molar refractivity (Wildman–Crippen MR) is 145 cm³/mol. The number of carbonyl (C=O) groups is 4. The number of ether oxygens (including phenoxy) is 1. The third-order valence-electron chi connectivity index (χ3n) is 7.27. The summed E-state index contributed by atoms with van der Waals surface area (Å²) in [6, 6.07) is 3.51. The average molecular weight is 529 g/mol. The highest BCUT2D eigenvalue weighted by atomic mass is 16.6. The van der Waals surface area contributed by atoms with Crippen LogP contribution >= 0.6 is 0 Å². The smallest absolute Gasteiger partial charge is 0.408 e. The number of rotatable bonds is 9. The number of aryl methyl sites for hydroxylation is 2. The van der Waals surface area contributed by atoms with Gasteiger partial charge in [0.05, 0.1) is 6.42 Å². The molecule has 38 heavy (non-hydrogen) atoms. The number of nitrogens with one attached hydrogen (secondary N) is 2. The van der Waals surface area contributed by atoms with Crippen LogP contribution in [0.3, 0.4) is 0 Å². The maximum atomic E-state index is 14.2. The monoisotopic (exact) mass is 528 g/mol. The maximum Gasteiger partial charge on any atom is 0.408 e. The molecule has 0 bridgehead atoms. The fourth-order valence-electron chi connectivity index (χ4n) is 5.28. The summed E-state index contributed by atoms with van der Waals surface area (Å²) >= 11 is 0. The Morgan fingerprint density at radius 3 is 2.26 bits per heavy atom. The van der Waals surface area contributed by atoms with E-state index in [9.17, 15) is 19.2 Å². The predicted octanol–water partition coefficient (Wildman–Crippen LogP) is 3.80. The van der Waals surface area contributed by atoms with Crippen molar-refractivity contribution in [1.82, 2.24) is 15.5 Å². The number of benzene rings is 1. The number of hydrogen-bond donors (Lipinski definition) is 3. The quantitative estimate of drug-likeness (QED) is 0.449. The van der Waals surface area contributed by atoms with Crippen molar-refractivity contribution in [3.63, 3.8) is 0 Å². The van der Waals surface area contributed by atoms with Crippen molar-refractivity contribution in [3.05, 3.63) is 34.9 Å². The van der Waals surface area contributed by atoms with Gasteiger partial charge in [-0.1, -0.05) is 49.9 Å². The van der Waals surface area contributed by atoms with Gasteiger partial charge >= 0.3 is 6.09 Å². The van der Waals surface area contributed by atoms with Gasteiger partial charge < -0.3 is 26.0 Å². The van der Waals surface area contributed by atoms with E-state index in [0.29, 0.717) is 0 Å². The Morgan fingerprint density at radius 2 is 1.74 bits per heavy atom. The molecular formula is C29H44N4O5. The van der Waals surface area contributed by atoms with Crippen LogP contribution in [-0.2, 0) is 19.1 Å². The van der Waals surface area contributed by atoms with Gasteiger partial charge in [0.15, 0.2) is 0 Å². The van der Waals surface area contributed by atoms with E-state index in [1.54, 1.807) is 25.7 Å². The van der Waals surface area contributed by atoms with Gasteiger partial charge in [0.2, 0.25) is 17.7 Å². The number of hydrogen-bond acceptors (Lipinski definition) is 5. The summed E-state index contributed by atoms with van der Waals surface area (Å²) in [4.78, 5) is 54.3. The Bertz CT molecular complexity index is 1040. The SMILES string of the molecule is Cc1ccc(C(C(=O)NC2CCCCC2)N(C(=O)C(CC(N)=O)NC(=O)OC(C)(C)C)C2CC2C)c(C)c1. The first-order valence-electron chi connectivity index (χ1n) is 13.7. The minimum Gasteiger partial charge on any atom is -0.444 e. The van der Waals surface area contributed by atoms with E-state index in [-0.39, 0.29) is 23.9 Å². The lowest BCUT2D eigenvalue weighted by atomic mass is 9.93. The van der Waals surface area contributed by atoms with Crippen molar-refractivity contribution < 1.29 is 23.9 Å². The number of alkyl carbamates (subject to hydrolysis) is 1. The first kappa shape index (κ1) is 29.5. The van der Waals surface area contributed by atoms with E-state index < -0.39 is 42.0 Å². The van der Waals surface area contributed by atoms with Crippen molar-refractivity contribution in [3.8, 4) is 0 Å². The molecular weight excluding hydrogens is 484 g/mol. The molecule has 9 heteroatoms. The van der Waals surface area contributed by atoms with Gasteiger partial charge in [-0.15, -0.1) is 0 Å². The standard InChI is InChI=1S/C29H44N4O5/c1-17-12-13-21(18(2)14-17)25(26(35)31-20-10-8-7-9-11-20)33(23-15-19(23)3)27(36)22(16-24(30)34)32-28(37)38-29(4,5)6/h12-14,19-20,22-23,25H,7-11,15-16H2,1-6H3,(H2,30,34)(H,31,35)(H,32,37). The van der Waals surface area contributed by atoms with Crippen LogP contribution in [0.2, 0.25) is 0 Å². The molecule has 9 nitrogen and oxygen atoms in total. The van der Waals surface area contributed by atoms with Crippen LogP contribution in [0, 0.1) is 19.8 Å². The normalized spacial score (nSPS) is 21.1. The van der Waals surface area contributed by atoms with E-state index in [0.717, 1.165) is 55.2 Å². The lowest BCUT2D eigenvalue weighted by Crippen LogP contribution is -2.55. The van der Waals surface area contributed by atoms with Gasteiger partial charge in [0.25, 0.3) is 0 Å². The van der Waals surface area contributed by atoms with Gasteiger partial charge in [0, 0.05) is 12.1 Å². The zero-order valence-corrected chi connectivity index (χ0v) is 23.6. The Balaban J connectivity index is 2.01. The molecule has 3 rings (SSSR count). The van der Waals surface area contributed by atoms with Crippen molar-refractivity contribution in [2.75, 3.05) is 0 Å². The molecule has 0 heterocycles. The summed E-state index contributed by atoms with van der Waals surface area (Å²) in [6.07, 6.45) is 4.58. The fraction of sp³-hybridized carbons (Fsp3) is 0.655. The van der Waals surface area contributed by atoms with Gasteiger partial charge in [-0.3, -0.25) is 14.4 Å². The van der Waals surface area contributed by atoms with Crippen molar-refractivity contribution in [1.29, 1.82) is 0 Å². The van der Waals surface area contributed by atoms with Crippen molar-refractivity contribution >= 4 is 23.8 Å². The van der Waals surface area contributed by atoms with E-state index in [4.69, 9.17) is 10.5 Å². The average Bonchev–Trinajstić information content (AvgIpc) is 3.52. The van der Waals surface area contributed by atoms with Gasteiger partial charge in [0.1, 0.15) is 17.7 Å². The van der Waals surface area contributed by atoms with Crippen LogP contribution in [0.5, 0.6) is 0 Å². The highest BCUT2D eigenvalue weighted by Crippen LogP contribution is 2.41. The van der Waals surface area contributed by atoms with Crippen molar-refractivity contribution in [2.45, 2.75) is 116 Å². The third-order valence-corrected chi connectivity index (χ3v) is 7.27. The van der Waals surface area contributed by atoms with Crippen LogP contribution in [0.15, 0.2) is 18.2 Å². The number of primary amides is 1. The molecule has 1 aromatic carbocycles. The van der Waals surface area contributed by atoms with Crippen LogP contribution in [0.1, 0.15) is 95.4 Å². The number of amides is 4. The zero-order valence-electron chi connectivity index (χ0n) is 23.6. The number of nitrogens with zero attached hydrogens (tertiary/aromatic N) is 1. The molecule has 2 aliphatic carbocycles. The molecule has 210 valence electrons. The summed E-state index contributed by atoms with van der Waals surface area (Å²) in [5, 5.41) is 5.76. The molecule has 4 unspecified atom stereocenters. The zero-order chi connectivity index (χ0) is 28.2. The molecule has 2 fully saturated rings. The lowest BCUT2D eigenvalue weighted by molar-refractivity contribution is -0.144. The largest absolute Gasteiger partial charge is 0.444 e. The van der Waals surface area contributed by atoms with Crippen LogP contribution < -0.4 is 16.4 Å². The van der Waals surface area contributed by atoms with Crippen LogP contribution in [0.25, 0.3) is 0 Å². The second-order valence-electron chi connectivity index (χ2n) is 12.0. The molecule has 0 saturated heterocycles. The van der Waals surface area contributed by atoms with E-state index in [2.05, 4.69) is 10.6 Å². The molecule has 4 atom stereocenters. The Kier molecular flexibility index (Phi) is 9.44. The van der Waals surface area contributed by atoms with Crippen LogP contribution in [0.4, 0.5) is 4.79 Å². The topological polar surface area (TPSA) is 131 Å². The fourth-order valence-corrected chi connectivity index (χ4v) is 5.28. The Labute approximate surface area is 226 Å². The summed E-state index contributed by atoms with van der Waals surface area (Å²) in [7, 11) is 0. The maximum absolute atomic E-state index is 14.2. The third kappa shape index (κ3) is 7.95. The second kappa shape index (κ2) is 12.2. The number of carbonyl (C=O) groups excluding carboxylic acids is 4. The minimum absolute atomic E-state index is 0.0550. The molecule has 0 spiro atoms. The molecule has 4 N–H and O–H groups in total.